The number of methoxy groups -OCH3 is 2. The highest BCUT2D eigenvalue weighted by molar-refractivity contribution is 9.10. The van der Waals surface area contributed by atoms with E-state index >= 15 is 0 Å². The number of ether oxygens (including phenoxy) is 2. The molecule has 7 heteroatoms. The molecule has 0 saturated heterocycles. The summed E-state index contributed by atoms with van der Waals surface area (Å²) >= 11 is 3.77. The second-order valence-corrected chi connectivity index (χ2v) is 9.49. The van der Waals surface area contributed by atoms with Gasteiger partial charge in [0.2, 0.25) is 0 Å². The smallest absolute Gasteiger partial charge is 0.163 e. The zero-order valence-electron chi connectivity index (χ0n) is 20.6. The molecule has 0 aliphatic carbocycles. The van der Waals surface area contributed by atoms with Crippen LogP contribution < -0.4 is 9.47 Å². The van der Waals surface area contributed by atoms with E-state index in [1.165, 1.54) is 12.5 Å². The summed E-state index contributed by atoms with van der Waals surface area (Å²) < 4.78 is 13.9. The van der Waals surface area contributed by atoms with Crippen molar-refractivity contribution >= 4 is 32.7 Å². The first-order chi connectivity index (χ1) is 16.8. The Bertz CT molecular complexity index is 1390. The van der Waals surface area contributed by atoms with E-state index in [4.69, 9.17) is 14.5 Å². The Labute approximate surface area is 213 Å². The summed E-state index contributed by atoms with van der Waals surface area (Å²) in [6, 6.07) is 15.8. The fourth-order valence-electron chi connectivity index (χ4n) is 4.32. The lowest BCUT2D eigenvalue weighted by Crippen LogP contribution is -2.05. The van der Waals surface area contributed by atoms with Gasteiger partial charge in [-0.2, -0.15) is 0 Å². The summed E-state index contributed by atoms with van der Waals surface area (Å²) in [5, 5.41) is 9.84. The number of Topliss-reactive ketones (excluding diaryl/α,β-unsaturated/α-hetero) is 1. The summed E-state index contributed by atoms with van der Waals surface area (Å²) in [5.74, 6) is 2.27. The number of carbonyl (C=O) groups excluding carboxylic acids is 1. The first-order valence-electron chi connectivity index (χ1n) is 11.5. The minimum absolute atomic E-state index is 0.0362. The van der Waals surface area contributed by atoms with Crippen LogP contribution in [0.3, 0.4) is 0 Å². The van der Waals surface area contributed by atoms with Gasteiger partial charge < -0.3 is 19.1 Å². The molecule has 0 fully saturated rings. The predicted octanol–water partition coefficient (Wildman–Crippen LogP) is 6.47. The van der Waals surface area contributed by atoms with Gasteiger partial charge in [0, 0.05) is 17.7 Å². The summed E-state index contributed by atoms with van der Waals surface area (Å²) in [5.41, 5.74) is 5.90. The van der Waals surface area contributed by atoms with Crippen LogP contribution in [0.5, 0.6) is 11.5 Å². The van der Waals surface area contributed by atoms with Gasteiger partial charge in [0.1, 0.15) is 28.4 Å². The molecule has 0 bridgehead atoms. The van der Waals surface area contributed by atoms with Gasteiger partial charge in [0.25, 0.3) is 0 Å². The number of aromatic nitrogens is 2. The number of rotatable bonds is 8. The third kappa shape index (κ3) is 4.58. The van der Waals surface area contributed by atoms with Crippen molar-refractivity contribution < 1.29 is 19.4 Å². The third-order valence-electron chi connectivity index (χ3n) is 6.19. The van der Waals surface area contributed by atoms with Crippen LogP contribution >= 0.6 is 15.9 Å². The highest BCUT2D eigenvalue weighted by Gasteiger charge is 2.22. The molecule has 35 heavy (non-hydrogen) atoms. The zero-order valence-corrected chi connectivity index (χ0v) is 22.1. The Morgan fingerprint density at radius 1 is 1.03 bits per heavy atom. The average molecular weight is 537 g/mol. The Morgan fingerprint density at radius 3 is 2.26 bits per heavy atom. The third-order valence-corrected chi connectivity index (χ3v) is 6.99. The second-order valence-electron chi connectivity index (χ2n) is 8.70. The van der Waals surface area contributed by atoms with Crippen LogP contribution in [0.1, 0.15) is 42.6 Å². The van der Waals surface area contributed by atoms with E-state index in [9.17, 15) is 9.90 Å². The molecule has 6 nitrogen and oxygen atoms in total. The molecule has 0 radical (unpaired) electrons. The molecule has 0 atom stereocenters. The maximum absolute atomic E-state index is 12.2. The van der Waals surface area contributed by atoms with Crippen molar-refractivity contribution in [3.63, 3.8) is 0 Å². The van der Waals surface area contributed by atoms with Crippen LogP contribution in [0, 0.1) is 0 Å². The largest absolute Gasteiger partial charge is 0.496 e. The van der Waals surface area contributed by atoms with Crippen molar-refractivity contribution in [2.75, 3.05) is 20.8 Å². The molecule has 0 amide bonds. The van der Waals surface area contributed by atoms with E-state index in [1.54, 1.807) is 20.3 Å². The Morgan fingerprint density at radius 2 is 1.69 bits per heavy atom. The Hall–Kier alpha value is -3.16. The van der Waals surface area contributed by atoms with Gasteiger partial charge in [-0.1, -0.05) is 44.2 Å². The summed E-state index contributed by atoms with van der Waals surface area (Å²) in [6.07, 6.45) is 0. The standard InChI is InChI=1S/C28H29BrN2O4/c1-16(2)18-6-8-19(9-7-18)28-30-26-25(29)22(15-24(35-5)27(26)31(28)12-13-32)20-10-11-23(34-4)21(14-20)17(3)33/h6-11,14-16,32H,12-13H2,1-5H3. The van der Waals surface area contributed by atoms with Crippen molar-refractivity contribution in [1.29, 1.82) is 0 Å². The van der Waals surface area contributed by atoms with Gasteiger partial charge in [0.05, 0.1) is 30.9 Å². The van der Waals surface area contributed by atoms with Crippen LogP contribution in [-0.4, -0.2) is 41.3 Å². The van der Waals surface area contributed by atoms with E-state index in [-0.39, 0.29) is 12.4 Å². The molecule has 0 spiro atoms. The zero-order chi connectivity index (χ0) is 25.3. The van der Waals surface area contributed by atoms with Crippen LogP contribution in [-0.2, 0) is 6.54 Å². The van der Waals surface area contributed by atoms with Crippen LogP contribution in [0.4, 0.5) is 0 Å². The fraction of sp³-hybridized carbons (Fsp3) is 0.286. The van der Waals surface area contributed by atoms with Gasteiger partial charge >= 0.3 is 0 Å². The molecule has 1 aromatic heterocycles. The lowest BCUT2D eigenvalue weighted by molar-refractivity contribution is 0.101. The maximum Gasteiger partial charge on any atom is 0.163 e. The minimum atomic E-state index is -0.0766. The number of hydrogen-bond acceptors (Lipinski definition) is 5. The molecule has 0 saturated carbocycles. The topological polar surface area (TPSA) is 73.6 Å². The molecular weight excluding hydrogens is 508 g/mol. The number of carbonyl (C=O) groups is 1. The number of ketones is 1. The SMILES string of the molecule is COc1ccc(-c2cc(OC)c3c(nc(-c4ccc(C(C)C)cc4)n3CCO)c2Br)cc1C(C)=O. The molecule has 4 aromatic rings. The molecule has 182 valence electrons. The molecule has 0 aliphatic rings. The Balaban J connectivity index is 1.97. The predicted molar refractivity (Wildman–Crippen MR) is 143 cm³/mol. The molecule has 1 heterocycles. The van der Waals surface area contributed by atoms with Crippen LogP contribution in [0.2, 0.25) is 0 Å². The van der Waals surface area contributed by atoms with Gasteiger partial charge in [0.15, 0.2) is 5.78 Å². The van der Waals surface area contributed by atoms with Crippen LogP contribution in [0.25, 0.3) is 33.5 Å². The molecule has 1 N–H and O–H groups in total. The second kappa shape index (κ2) is 10.2. The van der Waals surface area contributed by atoms with Crippen molar-refractivity contribution in [2.24, 2.45) is 0 Å². The minimum Gasteiger partial charge on any atom is -0.496 e. The highest BCUT2D eigenvalue weighted by Crippen LogP contribution is 2.42. The monoisotopic (exact) mass is 536 g/mol. The quantitative estimate of drug-likeness (QED) is 0.261. The number of hydrogen-bond donors (Lipinski definition) is 1. The molecule has 4 rings (SSSR count). The first-order valence-corrected chi connectivity index (χ1v) is 12.3. The van der Waals surface area contributed by atoms with E-state index < -0.39 is 0 Å². The van der Waals surface area contributed by atoms with Crippen molar-refractivity contribution in [3.8, 4) is 34.0 Å². The fourth-order valence-corrected chi connectivity index (χ4v) is 4.94. The highest BCUT2D eigenvalue weighted by atomic mass is 79.9. The van der Waals surface area contributed by atoms with Crippen molar-refractivity contribution in [2.45, 2.75) is 33.2 Å². The van der Waals surface area contributed by atoms with E-state index in [2.05, 4.69) is 54.0 Å². The summed E-state index contributed by atoms with van der Waals surface area (Å²) in [7, 11) is 3.17. The lowest BCUT2D eigenvalue weighted by atomic mass is 10.00. The summed E-state index contributed by atoms with van der Waals surface area (Å²) in [4.78, 5) is 17.2. The van der Waals surface area contributed by atoms with Gasteiger partial charge in [-0.05, 0) is 58.1 Å². The van der Waals surface area contributed by atoms with Crippen molar-refractivity contribution in [3.05, 3.63) is 64.1 Å². The number of imidazole rings is 1. The van der Waals surface area contributed by atoms with Gasteiger partial charge in [-0.15, -0.1) is 0 Å². The maximum atomic E-state index is 12.2. The van der Waals surface area contributed by atoms with Gasteiger partial charge in [-0.25, -0.2) is 4.98 Å². The summed E-state index contributed by atoms with van der Waals surface area (Å²) in [6.45, 7) is 6.18. The normalized spacial score (nSPS) is 11.3. The molecule has 0 unspecified atom stereocenters. The number of nitrogens with zero attached hydrogens (tertiary/aromatic N) is 2. The average Bonchev–Trinajstić information content (AvgIpc) is 3.24. The van der Waals surface area contributed by atoms with E-state index in [0.29, 0.717) is 29.5 Å². The first kappa shape index (κ1) is 24.9. The van der Waals surface area contributed by atoms with E-state index in [1.807, 2.05) is 22.8 Å². The van der Waals surface area contributed by atoms with Crippen LogP contribution in [0.15, 0.2) is 53.0 Å². The van der Waals surface area contributed by atoms with Crippen molar-refractivity contribution in [1.82, 2.24) is 9.55 Å². The van der Waals surface area contributed by atoms with Gasteiger partial charge in [-0.3, -0.25) is 4.79 Å². The number of aliphatic hydroxyl groups excluding tert-OH is 1. The Kier molecular flexibility index (Phi) is 7.28. The number of halogens is 1. The molecule has 3 aromatic carbocycles. The molecule has 0 aliphatic heterocycles. The number of aliphatic hydroxyl groups is 1. The van der Waals surface area contributed by atoms with E-state index in [0.717, 1.165) is 38.0 Å². The molecular formula is C28H29BrN2O4. The lowest BCUT2D eigenvalue weighted by Gasteiger charge is -2.14. The number of fused-ring (bicyclic) bond motifs is 1. The number of benzene rings is 3.